The van der Waals surface area contributed by atoms with Crippen molar-refractivity contribution in [2.45, 2.75) is 26.7 Å². The summed E-state index contributed by atoms with van der Waals surface area (Å²) in [4.78, 5) is 30.6. The Morgan fingerprint density at radius 2 is 1.78 bits per heavy atom. The van der Waals surface area contributed by atoms with E-state index >= 15 is 0 Å². The molecule has 1 atom stereocenters. The molecule has 1 unspecified atom stereocenters. The van der Waals surface area contributed by atoms with Crippen LogP contribution in [0.5, 0.6) is 5.75 Å². The van der Waals surface area contributed by atoms with Gasteiger partial charge in [-0.25, -0.2) is 0 Å². The van der Waals surface area contributed by atoms with Gasteiger partial charge in [0.2, 0.25) is 11.0 Å². The first kappa shape index (κ1) is 27.2. The number of hydrogen-bond donors (Lipinski definition) is 1. The Bertz CT molecular complexity index is 1550. The Labute approximate surface area is 243 Å². The molecular weight excluding hydrogens is 538 g/mol. The summed E-state index contributed by atoms with van der Waals surface area (Å²) in [5.41, 5.74) is 3.85. The number of aryl methyl sites for hydroxylation is 1. The Hall–Kier alpha value is -4.02. The molecule has 9 nitrogen and oxygen atoms in total. The minimum atomic E-state index is -0.812. The second-order valence-electron chi connectivity index (χ2n) is 11.1. The number of anilines is 1. The van der Waals surface area contributed by atoms with Gasteiger partial charge in [-0.2, -0.15) is 0 Å². The van der Waals surface area contributed by atoms with Crippen molar-refractivity contribution in [3.63, 3.8) is 0 Å². The summed E-state index contributed by atoms with van der Waals surface area (Å²) in [6.45, 7) is 8.76. The molecule has 3 aliphatic rings. The fourth-order valence-electron chi connectivity index (χ4n) is 5.79. The summed E-state index contributed by atoms with van der Waals surface area (Å²) in [6.07, 6.45) is 2.04. The monoisotopic (exact) mass is 571 g/mol. The standard InChI is InChI=1S/C31H33N5O4S/c1-19-33-34-30(41-19)32-29(38)31(2,3)27-22-7-5-6-8-25(22)40-26-17-24(35(4)18-23(26)27)20-9-11-21(12-10-20)28(37)36-13-15-39-16-14-36/h5-12,17,27H,13-16,18H2,1-4H3,(H,32,34,38). The molecule has 10 heteroatoms. The Balaban J connectivity index is 1.32. The van der Waals surface area contributed by atoms with Crippen LogP contribution in [0, 0.1) is 12.3 Å². The van der Waals surface area contributed by atoms with E-state index < -0.39 is 5.41 Å². The van der Waals surface area contributed by atoms with Crippen LogP contribution in [-0.4, -0.2) is 71.7 Å². The maximum atomic E-state index is 13.7. The number of likely N-dealkylation sites (N-methyl/N-ethyl adjacent to an activating group) is 1. The van der Waals surface area contributed by atoms with Gasteiger partial charge >= 0.3 is 0 Å². The van der Waals surface area contributed by atoms with Crippen LogP contribution < -0.4 is 10.1 Å². The predicted molar refractivity (Wildman–Crippen MR) is 158 cm³/mol. The van der Waals surface area contributed by atoms with E-state index in [2.05, 4.69) is 20.4 Å². The maximum Gasteiger partial charge on any atom is 0.254 e. The normalized spacial score (nSPS) is 18.7. The Morgan fingerprint density at radius 3 is 2.49 bits per heavy atom. The Morgan fingerprint density at radius 1 is 1.05 bits per heavy atom. The predicted octanol–water partition coefficient (Wildman–Crippen LogP) is 4.70. The summed E-state index contributed by atoms with van der Waals surface area (Å²) in [5.74, 6) is 1.18. The van der Waals surface area contributed by atoms with E-state index in [1.165, 1.54) is 11.3 Å². The number of rotatable bonds is 5. The molecule has 0 aliphatic carbocycles. The molecule has 212 valence electrons. The minimum absolute atomic E-state index is 0.0232. The van der Waals surface area contributed by atoms with E-state index in [-0.39, 0.29) is 17.7 Å². The van der Waals surface area contributed by atoms with Crippen LogP contribution in [0.25, 0.3) is 5.70 Å². The highest BCUT2D eigenvalue weighted by molar-refractivity contribution is 7.15. The van der Waals surface area contributed by atoms with Crippen LogP contribution in [0.3, 0.4) is 0 Å². The number of benzene rings is 2. The number of nitrogens with one attached hydrogen (secondary N) is 1. The van der Waals surface area contributed by atoms with Crippen molar-refractivity contribution in [1.29, 1.82) is 0 Å². The van der Waals surface area contributed by atoms with Gasteiger partial charge in [-0.1, -0.05) is 55.5 Å². The topological polar surface area (TPSA) is 96.9 Å². The second-order valence-corrected chi connectivity index (χ2v) is 12.3. The van der Waals surface area contributed by atoms with E-state index in [1.54, 1.807) is 0 Å². The quantitative estimate of drug-likeness (QED) is 0.474. The molecule has 0 radical (unpaired) electrons. The van der Waals surface area contributed by atoms with E-state index in [0.29, 0.717) is 43.5 Å². The summed E-state index contributed by atoms with van der Waals surface area (Å²) >= 11 is 1.36. The molecule has 6 rings (SSSR count). The molecule has 1 aromatic heterocycles. The van der Waals surface area contributed by atoms with Gasteiger partial charge in [-0.05, 0) is 30.7 Å². The lowest BCUT2D eigenvalue weighted by molar-refractivity contribution is -0.124. The summed E-state index contributed by atoms with van der Waals surface area (Å²) in [6, 6.07) is 15.7. The van der Waals surface area contributed by atoms with Crippen LogP contribution >= 0.6 is 11.3 Å². The number of carbonyl (C=O) groups excluding carboxylic acids is 2. The first-order chi connectivity index (χ1) is 19.7. The van der Waals surface area contributed by atoms with Crippen molar-refractivity contribution in [3.05, 3.63) is 87.6 Å². The molecular formula is C31H33N5O4S. The number of nitrogens with zero attached hydrogens (tertiary/aromatic N) is 4. The third-order valence-electron chi connectivity index (χ3n) is 7.98. The van der Waals surface area contributed by atoms with Gasteiger partial charge in [0, 0.05) is 61.1 Å². The lowest BCUT2D eigenvalue weighted by Gasteiger charge is -2.42. The van der Waals surface area contributed by atoms with Crippen molar-refractivity contribution < 1.29 is 19.1 Å². The molecule has 41 heavy (non-hydrogen) atoms. The van der Waals surface area contributed by atoms with Crippen LogP contribution in [0.2, 0.25) is 0 Å². The molecule has 1 fully saturated rings. The van der Waals surface area contributed by atoms with E-state index in [0.717, 1.165) is 38.9 Å². The molecule has 3 aliphatic heterocycles. The zero-order chi connectivity index (χ0) is 28.7. The van der Waals surface area contributed by atoms with Gasteiger partial charge in [0.15, 0.2) is 0 Å². The zero-order valence-corrected chi connectivity index (χ0v) is 24.5. The third-order valence-corrected chi connectivity index (χ3v) is 8.73. The molecule has 1 saturated heterocycles. The van der Waals surface area contributed by atoms with Gasteiger partial charge in [0.25, 0.3) is 5.91 Å². The second kappa shape index (κ2) is 10.8. The van der Waals surface area contributed by atoms with Gasteiger partial charge in [-0.3, -0.25) is 9.59 Å². The van der Waals surface area contributed by atoms with Gasteiger partial charge in [0.1, 0.15) is 16.5 Å². The fourth-order valence-corrected chi connectivity index (χ4v) is 6.38. The molecule has 4 heterocycles. The van der Waals surface area contributed by atoms with Crippen molar-refractivity contribution in [2.75, 3.05) is 45.2 Å². The van der Waals surface area contributed by atoms with Crippen LogP contribution in [-0.2, 0) is 9.53 Å². The number of hydrogen-bond acceptors (Lipinski definition) is 8. The Kier molecular flexibility index (Phi) is 7.13. The van der Waals surface area contributed by atoms with Gasteiger partial charge < -0.3 is 24.6 Å². The number of carbonyl (C=O) groups is 2. The molecule has 1 N–H and O–H groups in total. The lowest BCUT2D eigenvalue weighted by atomic mass is 9.68. The smallest absolute Gasteiger partial charge is 0.254 e. The number of amides is 2. The fraction of sp³-hybridized carbons (Fsp3) is 0.355. The largest absolute Gasteiger partial charge is 0.457 e. The molecule has 0 spiro atoms. The van der Waals surface area contributed by atoms with Crippen LogP contribution in [0.15, 0.2) is 65.9 Å². The minimum Gasteiger partial charge on any atom is -0.457 e. The van der Waals surface area contributed by atoms with Crippen LogP contribution in [0.1, 0.15) is 46.3 Å². The first-order valence-corrected chi connectivity index (χ1v) is 14.6. The highest BCUT2D eigenvalue weighted by atomic mass is 32.1. The number of aromatic nitrogens is 2. The summed E-state index contributed by atoms with van der Waals surface area (Å²) in [7, 11) is 2.04. The molecule has 2 amide bonds. The lowest BCUT2D eigenvalue weighted by Crippen LogP contribution is -2.41. The number of para-hydroxylation sites is 1. The number of fused-ring (bicyclic) bond motifs is 1. The van der Waals surface area contributed by atoms with Gasteiger partial charge in [0.05, 0.1) is 18.6 Å². The van der Waals surface area contributed by atoms with Crippen molar-refractivity contribution in [3.8, 4) is 5.75 Å². The molecule has 0 saturated carbocycles. The van der Waals surface area contributed by atoms with E-state index in [4.69, 9.17) is 9.47 Å². The van der Waals surface area contributed by atoms with Crippen molar-refractivity contribution in [1.82, 2.24) is 20.0 Å². The zero-order valence-electron chi connectivity index (χ0n) is 23.6. The maximum absolute atomic E-state index is 13.7. The van der Waals surface area contributed by atoms with E-state index in [9.17, 15) is 9.59 Å². The third kappa shape index (κ3) is 5.13. The van der Waals surface area contributed by atoms with Crippen molar-refractivity contribution in [2.24, 2.45) is 5.41 Å². The van der Waals surface area contributed by atoms with E-state index in [1.807, 2.05) is 87.3 Å². The average molecular weight is 572 g/mol. The van der Waals surface area contributed by atoms with Gasteiger partial charge in [-0.15, -0.1) is 10.2 Å². The first-order valence-electron chi connectivity index (χ1n) is 13.7. The molecule has 2 aromatic carbocycles. The van der Waals surface area contributed by atoms with Crippen LogP contribution in [0.4, 0.5) is 5.13 Å². The summed E-state index contributed by atoms with van der Waals surface area (Å²) in [5, 5.41) is 12.4. The SMILES string of the molecule is Cc1nnc(NC(=O)C(C)(C)C2C3=C(C=C(c4ccc(C(=O)N5CCOCC5)cc4)N(C)C3)Oc3ccccc32)s1. The number of morpholine rings is 1. The highest BCUT2D eigenvalue weighted by Crippen LogP contribution is 2.51. The average Bonchev–Trinajstić information content (AvgIpc) is 3.39. The molecule has 0 bridgehead atoms. The number of ether oxygens (including phenoxy) is 2. The van der Waals surface area contributed by atoms with Crippen molar-refractivity contribution >= 4 is 34.0 Å². The summed E-state index contributed by atoms with van der Waals surface area (Å²) < 4.78 is 11.8. The highest BCUT2D eigenvalue weighted by Gasteiger charge is 2.45. The molecule has 3 aromatic rings. The number of allylic oxidation sites excluding steroid dienone is 1.